The van der Waals surface area contributed by atoms with Gasteiger partial charge in [0.2, 0.25) is 5.91 Å². The lowest BCUT2D eigenvalue weighted by Gasteiger charge is -2.14. The fraction of sp³-hybridized carbons (Fsp3) is 0.318. The van der Waals surface area contributed by atoms with Gasteiger partial charge in [0.25, 0.3) is 0 Å². The van der Waals surface area contributed by atoms with Crippen LogP contribution in [0.1, 0.15) is 36.9 Å². The van der Waals surface area contributed by atoms with E-state index in [9.17, 15) is 18.0 Å². The average Bonchev–Trinajstić information content (AvgIpc) is 3.14. The monoisotopic (exact) mass is 498 g/mol. The normalized spacial score (nSPS) is 12.5. The molecule has 0 unspecified atom stereocenters. The third-order valence-corrected chi connectivity index (χ3v) is 6.13. The van der Waals surface area contributed by atoms with Crippen molar-refractivity contribution < 1.29 is 22.7 Å². The first-order valence-electron chi connectivity index (χ1n) is 10.0. The van der Waals surface area contributed by atoms with Gasteiger partial charge in [-0.1, -0.05) is 42.4 Å². The molecule has 0 aliphatic rings. The van der Waals surface area contributed by atoms with Gasteiger partial charge in [-0.15, -0.1) is 10.2 Å². The number of rotatable bonds is 8. The Morgan fingerprint density at radius 3 is 2.55 bits per heavy atom. The zero-order chi connectivity index (χ0) is 24.2. The van der Waals surface area contributed by atoms with Gasteiger partial charge >= 0.3 is 6.18 Å². The number of aryl methyl sites for hydroxylation is 1. The van der Waals surface area contributed by atoms with Gasteiger partial charge < -0.3 is 14.6 Å². The van der Waals surface area contributed by atoms with Crippen molar-refractivity contribution in [3.8, 4) is 5.75 Å². The van der Waals surface area contributed by atoms with Gasteiger partial charge in [-0.05, 0) is 49.2 Å². The summed E-state index contributed by atoms with van der Waals surface area (Å²) in [6.45, 7) is 3.92. The minimum atomic E-state index is -4.54. The Hall–Kier alpha value is -2.72. The summed E-state index contributed by atoms with van der Waals surface area (Å²) in [6, 6.07) is 10.5. The predicted molar refractivity (Wildman–Crippen MR) is 122 cm³/mol. The van der Waals surface area contributed by atoms with Gasteiger partial charge in [-0.2, -0.15) is 13.2 Å². The van der Waals surface area contributed by atoms with Crippen molar-refractivity contribution in [2.24, 2.45) is 7.05 Å². The highest BCUT2D eigenvalue weighted by Crippen LogP contribution is 2.34. The average molecular weight is 499 g/mol. The maximum absolute atomic E-state index is 12.9. The number of carbonyl (C=O) groups excluding carboxylic acids is 1. The van der Waals surface area contributed by atoms with E-state index in [1.807, 2.05) is 31.2 Å². The van der Waals surface area contributed by atoms with Crippen molar-refractivity contribution in [3.05, 3.63) is 64.4 Å². The second-order valence-electron chi connectivity index (χ2n) is 7.19. The van der Waals surface area contributed by atoms with E-state index < -0.39 is 17.6 Å². The van der Waals surface area contributed by atoms with Crippen molar-refractivity contribution in [1.29, 1.82) is 0 Å². The van der Waals surface area contributed by atoms with E-state index >= 15 is 0 Å². The van der Waals surface area contributed by atoms with Crippen LogP contribution in [0.5, 0.6) is 5.75 Å². The molecule has 33 heavy (non-hydrogen) atoms. The summed E-state index contributed by atoms with van der Waals surface area (Å²) in [5.74, 6) is 0.658. The lowest BCUT2D eigenvalue weighted by Crippen LogP contribution is -2.16. The number of nitrogens with one attached hydrogen (secondary N) is 1. The molecule has 1 aromatic heterocycles. The third kappa shape index (κ3) is 6.42. The topological polar surface area (TPSA) is 69.0 Å². The van der Waals surface area contributed by atoms with Crippen LogP contribution in [0.3, 0.4) is 0 Å². The van der Waals surface area contributed by atoms with Gasteiger partial charge in [0.15, 0.2) is 17.1 Å². The maximum atomic E-state index is 12.9. The molecule has 0 fully saturated rings. The van der Waals surface area contributed by atoms with Crippen LogP contribution in [-0.2, 0) is 24.4 Å². The number of ether oxygens (including phenoxy) is 1. The molecule has 3 rings (SSSR count). The standard InChI is InChI=1S/C22H22ClF3N4O2S/c1-4-14-5-8-16(9-6-14)32-13(2)20-28-29-21(30(20)3)33-12-19(31)27-18-11-15(22(24,25)26)7-10-17(18)23/h5-11,13H,4,12H2,1-3H3,(H,27,31)/t13-/m1/s1. The highest BCUT2D eigenvalue weighted by Gasteiger charge is 2.31. The van der Waals surface area contributed by atoms with Crippen molar-refractivity contribution >= 4 is 35.0 Å². The van der Waals surface area contributed by atoms with Crippen molar-refractivity contribution in [3.63, 3.8) is 0 Å². The van der Waals surface area contributed by atoms with Crippen LogP contribution in [0.25, 0.3) is 0 Å². The largest absolute Gasteiger partial charge is 0.483 e. The Morgan fingerprint density at radius 1 is 1.21 bits per heavy atom. The molecule has 1 heterocycles. The number of benzene rings is 2. The van der Waals surface area contributed by atoms with Gasteiger partial charge in [-0.3, -0.25) is 4.79 Å². The van der Waals surface area contributed by atoms with Gasteiger partial charge in [0, 0.05) is 7.05 Å². The number of amides is 1. The Morgan fingerprint density at radius 2 is 1.91 bits per heavy atom. The smallest absolute Gasteiger partial charge is 0.416 e. The molecule has 2 aromatic carbocycles. The lowest BCUT2D eigenvalue weighted by atomic mass is 10.2. The summed E-state index contributed by atoms with van der Waals surface area (Å²) in [5, 5.41) is 11.1. The Kier molecular flexibility index (Phi) is 7.91. The van der Waals surface area contributed by atoms with Crippen LogP contribution in [0.2, 0.25) is 5.02 Å². The second-order valence-corrected chi connectivity index (χ2v) is 8.54. The summed E-state index contributed by atoms with van der Waals surface area (Å²) in [4.78, 5) is 12.3. The number of hydrogen-bond acceptors (Lipinski definition) is 5. The molecule has 0 aliphatic carbocycles. The van der Waals surface area contributed by atoms with Gasteiger partial charge in [0.05, 0.1) is 22.0 Å². The number of halogens is 4. The zero-order valence-electron chi connectivity index (χ0n) is 18.1. The van der Waals surface area contributed by atoms with Crippen molar-refractivity contribution in [2.75, 3.05) is 11.1 Å². The second kappa shape index (κ2) is 10.5. The van der Waals surface area contributed by atoms with Crippen LogP contribution in [0, 0.1) is 0 Å². The summed E-state index contributed by atoms with van der Waals surface area (Å²) in [5.41, 5.74) is 0.204. The first kappa shape index (κ1) is 24.9. The zero-order valence-corrected chi connectivity index (χ0v) is 19.7. The molecule has 0 saturated heterocycles. The Balaban J connectivity index is 1.60. The van der Waals surface area contributed by atoms with Crippen LogP contribution in [-0.4, -0.2) is 26.4 Å². The summed E-state index contributed by atoms with van der Waals surface area (Å²) in [7, 11) is 1.75. The molecule has 3 aromatic rings. The highest BCUT2D eigenvalue weighted by molar-refractivity contribution is 7.99. The first-order valence-corrected chi connectivity index (χ1v) is 11.4. The van der Waals surface area contributed by atoms with Crippen molar-refractivity contribution in [1.82, 2.24) is 14.8 Å². The van der Waals surface area contributed by atoms with E-state index in [0.29, 0.717) is 16.7 Å². The summed E-state index contributed by atoms with van der Waals surface area (Å²) < 4.78 is 46.3. The van der Waals surface area contributed by atoms with Crippen molar-refractivity contribution in [2.45, 2.75) is 37.7 Å². The maximum Gasteiger partial charge on any atom is 0.416 e. The Labute approximate surface area is 198 Å². The lowest BCUT2D eigenvalue weighted by molar-refractivity contribution is -0.137. The molecule has 0 spiro atoms. The van der Waals surface area contributed by atoms with E-state index in [1.165, 1.54) is 5.56 Å². The van der Waals surface area contributed by atoms with E-state index in [1.54, 1.807) is 11.6 Å². The molecule has 6 nitrogen and oxygen atoms in total. The third-order valence-electron chi connectivity index (χ3n) is 4.78. The number of thioether (sulfide) groups is 1. The van der Waals surface area contributed by atoms with Gasteiger partial charge in [-0.25, -0.2) is 0 Å². The fourth-order valence-corrected chi connectivity index (χ4v) is 3.86. The number of aromatic nitrogens is 3. The molecule has 0 aliphatic heterocycles. The van der Waals surface area contributed by atoms with E-state index in [2.05, 4.69) is 22.4 Å². The van der Waals surface area contributed by atoms with Gasteiger partial charge in [0.1, 0.15) is 5.75 Å². The molecular weight excluding hydrogens is 477 g/mol. The number of nitrogens with zero attached hydrogens (tertiary/aromatic N) is 3. The number of hydrogen-bond donors (Lipinski definition) is 1. The Bertz CT molecular complexity index is 1120. The number of anilines is 1. The summed E-state index contributed by atoms with van der Waals surface area (Å²) >= 11 is 7.02. The fourth-order valence-electron chi connectivity index (χ4n) is 2.98. The van der Waals surface area contributed by atoms with Crippen LogP contribution in [0.15, 0.2) is 47.6 Å². The molecule has 1 atom stereocenters. The number of alkyl halides is 3. The SMILES string of the molecule is CCc1ccc(O[C@H](C)c2nnc(SCC(=O)Nc3cc(C(F)(F)F)ccc3Cl)n2C)cc1. The van der Waals surface area contributed by atoms with Crippen LogP contribution < -0.4 is 10.1 Å². The molecule has 1 N–H and O–H groups in total. The van der Waals surface area contributed by atoms with E-state index in [0.717, 1.165) is 36.4 Å². The van der Waals surface area contributed by atoms with Crippen LogP contribution in [0.4, 0.5) is 18.9 Å². The highest BCUT2D eigenvalue weighted by atomic mass is 35.5. The van der Waals surface area contributed by atoms with Crippen LogP contribution >= 0.6 is 23.4 Å². The quantitative estimate of drug-likeness (QED) is 0.390. The first-order chi connectivity index (χ1) is 15.6. The number of carbonyl (C=O) groups is 1. The summed E-state index contributed by atoms with van der Waals surface area (Å²) in [6.07, 6.45) is -3.99. The van der Waals surface area contributed by atoms with E-state index in [-0.39, 0.29) is 22.6 Å². The molecule has 0 saturated carbocycles. The molecule has 0 bridgehead atoms. The molecular formula is C22H22ClF3N4O2S. The molecule has 11 heteroatoms. The minimum Gasteiger partial charge on any atom is -0.483 e. The molecule has 176 valence electrons. The predicted octanol–water partition coefficient (Wildman–Crippen LogP) is 5.92. The molecule has 0 radical (unpaired) electrons. The minimum absolute atomic E-state index is 0.0141. The molecule has 1 amide bonds. The van der Waals surface area contributed by atoms with E-state index in [4.69, 9.17) is 16.3 Å².